The van der Waals surface area contributed by atoms with E-state index in [9.17, 15) is 9.59 Å². The molecule has 0 amide bonds. The van der Waals surface area contributed by atoms with Crippen LogP contribution in [-0.2, 0) is 9.53 Å². The number of hydrogen-bond donors (Lipinski definition) is 0. The minimum atomic E-state index is -0.601. The lowest BCUT2D eigenvalue weighted by atomic mass is 9.96. The van der Waals surface area contributed by atoms with Crippen molar-refractivity contribution in [3.63, 3.8) is 0 Å². The van der Waals surface area contributed by atoms with Crippen molar-refractivity contribution in [1.82, 2.24) is 4.57 Å². The topological polar surface area (TPSA) is 60.7 Å². The third kappa shape index (κ3) is 4.37. The second-order valence-corrected chi connectivity index (χ2v) is 9.75. The van der Waals surface area contributed by atoms with Gasteiger partial charge in [0.2, 0.25) is 0 Å². The minimum absolute atomic E-state index is 0.186. The van der Waals surface area contributed by atoms with Gasteiger partial charge in [-0.3, -0.25) is 9.36 Å². The van der Waals surface area contributed by atoms with E-state index in [1.165, 1.54) is 11.3 Å². The van der Waals surface area contributed by atoms with Crippen molar-refractivity contribution in [3.05, 3.63) is 99.6 Å². The molecule has 0 spiro atoms. The van der Waals surface area contributed by atoms with E-state index in [1.807, 2.05) is 54.6 Å². The third-order valence-electron chi connectivity index (χ3n) is 4.87. The highest BCUT2D eigenvalue weighted by atomic mass is 79.9. The largest absolute Gasteiger partial charge is 0.463 e. The van der Waals surface area contributed by atoms with Crippen LogP contribution in [-0.4, -0.2) is 17.1 Å². The summed E-state index contributed by atoms with van der Waals surface area (Å²) in [4.78, 5) is 31.4. The van der Waals surface area contributed by atoms with Crippen molar-refractivity contribution < 1.29 is 9.53 Å². The van der Waals surface area contributed by atoms with Crippen LogP contribution in [0.4, 0.5) is 0 Å². The Labute approximate surface area is 199 Å². The molecule has 2 heterocycles. The highest BCUT2D eigenvalue weighted by Gasteiger charge is 2.33. The number of halogens is 2. The smallest absolute Gasteiger partial charge is 0.338 e. The van der Waals surface area contributed by atoms with Gasteiger partial charge >= 0.3 is 5.97 Å². The molecule has 4 rings (SSSR count). The molecule has 1 aliphatic rings. The number of fused-ring (bicyclic) bond motifs is 1. The molecular formula is C23H18Br2N2O3S. The first-order chi connectivity index (χ1) is 14.9. The van der Waals surface area contributed by atoms with Crippen LogP contribution in [0, 0.1) is 0 Å². The van der Waals surface area contributed by atoms with Crippen LogP contribution >= 0.6 is 43.2 Å². The zero-order chi connectivity index (χ0) is 22.1. The average molecular weight is 562 g/mol. The van der Waals surface area contributed by atoms with E-state index in [0.29, 0.717) is 20.6 Å². The number of carbonyl (C=O) groups is 1. The maximum Gasteiger partial charge on any atom is 0.338 e. The van der Waals surface area contributed by atoms with Crippen LogP contribution < -0.4 is 14.9 Å². The Balaban J connectivity index is 1.94. The predicted octanol–water partition coefficient (Wildman–Crippen LogP) is 4.32. The van der Waals surface area contributed by atoms with Gasteiger partial charge in [-0.05, 0) is 55.3 Å². The fraction of sp³-hybridized carbons (Fsp3) is 0.174. The molecule has 0 bridgehead atoms. The van der Waals surface area contributed by atoms with Gasteiger partial charge in [0, 0.05) is 8.95 Å². The van der Waals surface area contributed by atoms with E-state index in [-0.39, 0.29) is 12.2 Å². The van der Waals surface area contributed by atoms with Crippen LogP contribution in [0.3, 0.4) is 0 Å². The molecule has 3 aromatic rings. The van der Waals surface area contributed by atoms with Crippen molar-refractivity contribution in [1.29, 1.82) is 0 Å². The zero-order valence-electron chi connectivity index (χ0n) is 16.8. The van der Waals surface area contributed by atoms with Gasteiger partial charge in [0.15, 0.2) is 4.80 Å². The standard InChI is InChI=1S/C23H18Br2N2O3S/c1-3-30-22(29)19-13(2)26-23-27(20(19)15-6-10-17(25)11-7-15)21(28)18(31-23)12-14-4-8-16(24)9-5-14/h4-12,20H,3H2,1-2H3/b18-12-/t20-/m0/s1. The van der Waals surface area contributed by atoms with Crippen molar-refractivity contribution in [2.45, 2.75) is 19.9 Å². The number of nitrogens with zero attached hydrogens (tertiary/aromatic N) is 2. The Hall–Kier alpha value is -2.29. The molecule has 1 atom stereocenters. The fourth-order valence-corrected chi connectivity index (χ4v) is 5.04. The second kappa shape index (κ2) is 9.06. The summed E-state index contributed by atoms with van der Waals surface area (Å²) in [6, 6.07) is 14.7. The number of benzene rings is 2. The number of hydrogen-bond acceptors (Lipinski definition) is 5. The molecule has 0 aliphatic carbocycles. The van der Waals surface area contributed by atoms with Crippen molar-refractivity contribution in [2.75, 3.05) is 6.61 Å². The van der Waals surface area contributed by atoms with Gasteiger partial charge in [0.25, 0.3) is 5.56 Å². The number of esters is 1. The van der Waals surface area contributed by atoms with E-state index in [1.54, 1.807) is 18.4 Å². The number of rotatable bonds is 4. The first kappa shape index (κ1) is 21.9. The molecule has 0 fully saturated rings. The number of ether oxygens (including phenoxy) is 1. The van der Waals surface area contributed by atoms with Crippen LogP contribution in [0.1, 0.15) is 31.0 Å². The van der Waals surface area contributed by atoms with E-state index in [4.69, 9.17) is 4.74 Å². The number of thiazole rings is 1. The van der Waals surface area contributed by atoms with Gasteiger partial charge in [0.05, 0.1) is 28.5 Å². The predicted molar refractivity (Wildman–Crippen MR) is 129 cm³/mol. The summed E-state index contributed by atoms with van der Waals surface area (Å²) in [5.41, 5.74) is 2.48. The Morgan fingerprint density at radius 1 is 1.13 bits per heavy atom. The average Bonchev–Trinajstić information content (AvgIpc) is 3.04. The summed E-state index contributed by atoms with van der Waals surface area (Å²) in [6.07, 6.45) is 1.85. The molecule has 31 heavy (non-hydrogen) atoms. The molecule has 1 aromatic heterocycles. The molecule has 0 radical (unpaired) electrons. The van der Waals surface area contributed by atoms with Crippen LogP contribution in [0.5, 0.6) is 0 Å². The Bertz CT molecular complexity index is 1350. The maximum atomic E-state index is 13.5. The summed E-state index contributed by atoms with van der Waals surface area (Å²) in [5.74, 6) is -0.459. The van der Waals surface area contributed by atoms with Crippen molar-refractivity contribution in [2.24, 2.45) is 4.99 Å². The minimum Gasteiger partial charge on any atom is -0.463 e. The van der Waals surface area contributed by atoms with Crippen LogP contribution in [0.2, 0.25) is 0 Å². The SMILES string of the molecule is CCOC(=O)C1=C(C)N=c2s/c(=C\c3ccc(Br)cc3)c(=O)n2[C@H]1c1ccc(Br)cc1. The molecule has 8 heteroatoms. The van der Waals surface area contributed by atoms with Gasteiger partial charge in [0.1, 0.15) is 0 Å². The molecule has 0 saturated carbocycles. The van der Waals surface area contributed by atoms with Crippen LogP contribution in [0.15, 0.2) is 78.5 Å². The lowest BCUT2D eigenvalue weighted by molar-refractivity contribution is -0.139. The normalized spacial score (nSPS) is 16.1. The molecular weight excluding hydrogens is 544 g/mol. The third-order valence-corrected chi connectivity index (χ3v) is 6.91. The molecule has 2 aromatic carbocycles. The first-order valence-electron chi connectivity index (χ1n) is 9.59. The molecule has 0 saturated heterocycles. The van der Waals surface area contributed by atoms with Gasteiger partial charge in [-0.15, -0.1) is 0 Å². The van der Waals surface area contributed by atoms with Gasteiger partial charge in [-0.2, -0.15) is 0 Å². The monoisotopic (exact) mass is 560 g/mol. The Morgan fingerprint density at radius 2 is 1.74 bits per heavy atom. The molecule has 158 valence electrons. The van der Waals surface area contributed by atoms with E-state index >= 15 is 0 Å². The van der Waals surface area contributed by atoms with Crippen molar-refractivity contribution in [3.8, 4) is 0 Å². The van der Waals surface area contributed by atoms with Crippen molar-refractivity contribution >= 4 is 55.2 Å². The first-order valence-corrected chi connectivity index (χ1v) is 12.0. The molecule has 0 unspecified atom stereocenters. The molecule has 1 aliphatic heterocycles. The fourth-order valence-electron chi connectivity index (χ4n) is 3.46. The van der Waals surface area contributed by atoms with E-state index in [2.05, 4.69) is 36.9 Å². The summed E-state index contributed by atoms with van der Waals surface area (Å²) < 4.78 is 9.34. The maximum absolute atomic E-state index is 13.5. The number of carbonyl (C=O) groups excluding carboxylic acids is 1. The summed E-state index contributed by atoms with van der Waals surface area (Å²) in [5, 5.41) is 0. The van der Waals surface area contributed by atoms with Gasteiger partial charge in [-0.25, -0.2) is 9.79 Å². The van der Waals surface area contributed by atoms with E-state index < -0.39 is 12.0 Å². The summed E-state index contributed by atoms with van der Waals surface area (Å²) in [7, 11) is 0. The Morgan fingerprint density at radius 3 is 2.35 bits per heavy atom. The quantitative estimate of drug-likeness (QED) is 0.446. The van der Waals surface area contributed by atoms with Crippen LogP contribution in [0.25, 0.3) is 6.08 Å². The summed E-state index contributed by atoms with van der Waals surface area (Å²) in [6.45, 7) is 3.79. The van der Waals surface area contributed by atoms with E-state index in [0.717, 1.165) is 20.1 Å². The molecule has 0 N–H and O–H groups in total. The Kier molecular flexibility index (Phi) is 6.41. The highest BCUT2D eigenvalue weighted by molar-refractivity contribution is 9.10. The number of aromatic nitrogens is 1. The number of allylic oxidation sites excluding steroid dienone is 1. The summed E-state index contributed by atoms with van der Waals surface area (Å²) >= 11 is 8.19. The lowest BCUT2D eigenvalue weighted by Gasteiger charge is -2.24. The van der Waals surface area contributed by atoms with Gasteiger partial charge in [-0.1, -0.05) is 67.5 Å². The molecule has 5 nitrogen and oxygen atoms in total. The zero-order valence-corrected chi connectivity index (χ0v) is 20.8. The highest BCUT2D eigenvalue weighted by Crippen LogP contribution is 2.31. The van der Waals surface area contributed by atoms with Gasteiger partial charge < -0.3 is 4.74 Å². The lowest BCUT2D eigenvalue weighted by Crippen LogP contribution is -2.39. The second-order valence-electron chi connectivity index (χ2n) is 6.91.